The van der Waals surface area contributed by atoms with E-state index in [0.717, 1.165) is 24.2 Å². The molecule has 1 amide bonds. The van der Waals surface area contributed by atoms with E-state index in [-0.39, 0.29) is 17.6 Å². The van der Waals surface area contributed by atoms with Crippen LogP contribution in [0.3, 0.4) is 0 Å². The maximum Gasteiger partial charge on any atom is 0.335 e. The summed E-state index contributed by atoms with van der Waals surface area (Å²) in [5.41, 5.74) is 1.39. The van der Waals surface area contributed by atoms with E-state index in [4.69, 9.17) is 9.47 Å². The Morgan fingerprint density at radius 2 is 1.96 bits per heavy atom. The average molecular weight is 369 g/mol. The summed E-state index contributed by atoms with van der Waals surface area (Å²) in [5, 5.41) is 9.19. The molecular formula is C21H23NO5. The first-order valence-corrected chi connectivity index (χ1v) is 8.94. The van der Waals surface area contributed by atoms with Crippen molar-refractivity contribution < 1.29 is 24.2 Å². The number of carbonyl (C=O) groups excluding carboxylic acids is 1. The summed E-state index contributed by atoms with van der Waals surface area (Å²) in [7, 11) is 1.60. The highest BCUT2D eigenvalue weighted by molar-refractivity contribution is 5.97. The number of carboxylic acid groups (broad SMARTS) is 1. The summed E-state index contributed by atoms with van der Waals surface area (Å²) in [5.74, 6) is -0.538. The number of ether oxygens (including phenoxy) is 2. The van der Waals surface area contributed by atoms with E-state index < -0.39 is 5.97 Å². The molecule has 1 aliphatic rings. The molecule has 3 rings (SSSR count). The third-order valence-corrected chi connectivity index (χ3v) is 4.60. The molecule has 1 atom stereocenters. The first kappa shape index (κ1) is 18.9. The minimum Gasteiger partial charge on any atom is -0.497 e. The second-order valence-electron chi connectivity index (χ2n) is 6.56. The summed E-state index contributed by atoms with van der Waals surface area (Å²) in [6.45, 7) is 1.57. The van der Waals surface area contributed by atoms with Crippen LogP contribution >= 0.6 is 0 Å². The van der Waals surface area contributed by atoms with Crippen molar-refractivity contribution in [2.24, 2.45) is 0 Å². The molecule has 0 radical (unpaired) electrons. The molecule has 0 bridgehead atoms. The number of carboxylic acids is 1. The van der Waals surface area contributed by atoms with E-state index in [1.54, 1.807) is 24.1 Å². The van der Waals surface area contributed by atoms with Crippen molar-refractivity contribution in [2.45, 2.75) is 25.5 Å². The van der Waals surface area contributed by atoms with Crippen molar-refractivity contribution in [3.05, 3.63) is 65.2 Å². The first-order valence-electron chi connectivity index (χ1n) is 8.94. The highest BCUT2D eigenvalue weighted by Gasteiger charge is 2.24. The van der Waals surface area contributed by atoms with Crippen molar-refractivity contribution in [3.8, 4) is 5.75 Å². The molecule has 1 saturated heterocycles. The van der Waals surface area contributed by atoms with Gasteiger partial charge in [0.1, 0.15) is 5.75 Å². The molecule has 1 unspecified atom stereocenters. The number of methoxy groups -OCH3 is 1. The van der Waals surface area contributed by atoms with Crippen molar-refractivity contribution in [1.29, 1.82) is 0 Å². The molecule has 2 aromatic carbocycles. The van der Waals surface area contributed by atoms with Gasteiger partial charge in [-0.25, -0.2) is 4.79 Å². The first-order chi connectivity index (χ1) is 13.1. The van der Waals surface area contributed by atoms with E-state index in [9.17, 15) is 14.7 Å². The lowest BCUT2D eigenvalue weighted by Crippen LogP contribution is -2.37. The van der Waals surface area contributed by atoms with Crippen LogP contribution in [0.15, 0.2) is 48.5 Å². The maximum atomic E-state index is 13.1. The van der Waals surface area contributed by atoms with E-state index in [0.29, 0.717) is 25.3 Å². The second kappa shape index (κ2) is 8.68. The number of carbonyl (C=O) groups is 2. The van der Waals surface area contributed by atoms with Gasteiger partial charge in [-0.15, -0.1) is 0 Å². The van der Waals surface area contributed by atoms with Gasteiger partial charge < -0.3 is 19.5 Å². The molecule has 2 aromatic rings. The molecule has 0 spiro atoms. The monoisotopic (exact) mass is 369 g/mol. The predicted molar refractivity (Wildman–Crippen MR) is 100 cm³/mol. The Balaban J connectivity index is 1.84. The lowest BCUT2D eigenvalue weighted by Gasteiger charge is -2.26. The van der Waals surface area contributed by atoms with Crippen LogP contribution in [0.2, 0.25) is 0 Å². The zero-order valence-corrected chi connectivity index (χ0v) is 15.3. The lowest BCUT2D eigenvalue weighted by molar-refractivity contribution is 0.0507. The van der Waals surface area contributed by atoms with Crippen LogP contribution in [0.5, 0.6) is 5.75 Å². The van der Waals surface area contributed by atoms with E-state index in [2.05, 4.69) is 0 Å². The molecule has 1 fully saturated rings. The van der Waals surface area contributed by atoms with Crippen LogP contribution in [0.25, 0.3) is 0 Å². The van der Waals surface area contributed by atoms with Crippen molar-refractivity contribution in [2.75, 3.05) is 20.3 Å². The van der Waals surface area contributed by atoms with Crippen LogP contribution < -0.4 is 4.74 Å². The fraction of sp³-hybridized carbons (Fsp3) is 0.333. The molecule has 0 aromatic heterocycles. The number of benzene rings is 2. The number of hydrogen-bond acceptors (Lipinski definition) is 4. The Morgan fingerprint density at radius 1 is 1.19 bits per heavy atom. The van der Waals surface area contributed by atoms with Gasteiger partial charge in [0.2, 0.25) is 0 Å². The van der Waals surface area contributed by atoms with Crippen molar-refractivity contribution in [3.63, 3.8) is 0 Å². The van der Waals surface area contributed by atoms with Crippen molar-refractivity contribution >= 4 is 11.9 Å². The van der Waals surface area contributed by atoms with Crippen LogP contribution in [-0.2, 0) is 11.3 Å². The molecule has 142 valence electrons. The zero-order chi connectivity index (χ0) is 19.2. The number of aromatic carboxylic acids is 1. The van der Waals surface area contributed by atoms with Crippen LogP contribution in [0, 0.1) is 0 Å². The van der Waals surface area contributed by atoms with Gasteiger partial charge in [-0.05, 0) is 48.7 Å². The summed E-state index contributed by atoms with van der Waals surface area (Å²) in [4.78, 5) is 26.1. The smallest absolute Gasteiger partial charge is 0.335 e. The van der Waals surface area contributed by atoms with Crippen LogP contribution in [0.1, 0.15) is 39.1 Å². The van der Waals surface area contributed by atoms with Crippen LogP contribution in [-0.4, -0.2) is 48.2 Å². The molecule has 27 heavy (non-hydrogen) atoms. The Bertz CT molecular complexity index is 814. The standard InChI is InChI=1S/C21H23NO5/c1-26-18-8-2-5-15(11-18)13-22(14-19-9-4-10-27-19)20(23)16-6-3-7-17(12-16)21(24)25/h2-3,5-8,11-12,19H,4,9-10,13-14H2,1H3,(H,24,25). The van der Waals surface area contributed by atoms with Gasteiger partial charge in [-0.1, -0.05) is 18.2 Å². The summed E-state index contributed by atoms with van der Waals surface area (Å²) < 4.78 is 11.0. The Morgan fingerprint density at radius 3 is 2.67 bits per heavy atom. The maximum absolute atomic E-state index is 13.1. The summed E-state index contributed by atoms with van der Waals surface area (Å²) >= 11 is 0. The Kier molecular flexibility index (Phi) is 6.08. The SMILES string of the molecule is COc1cccc(CN(CC2CCCO2)C(=O)c2cccc(C(=O)O)c2)c1. The van der Waals surface area contributed by atoms with E-state index >= 15 is 0 Å². The van der Waals surface area contributed by atoms with Gasteiger partial charge in [0.15, 0.2) is 0 Å². The average Bonchev–Trinajstić information content (AvgIpc) is 3.20. The normalized spacial score (nSPS) is 16.1. The number of nitrogens with zero attached hydrogens (tertiary/aromatic N) is 1. The van der Waals surface area contributed by atoms with Gasteiger partial charge >= 0.3 is 5.97 Å². The number of hydrogen-bond donors (Lipinski definition) is 1. The second-order valence-corrected chi connectivity index (χ2v) is 6.56. The van der Waals surface area contributed by atoms with Crippen LogP contribution in [0.4, 0.5) is 0 Å². The molecular weight excluding hydrogens is 346 g/mol. The largest absolute Gasteiger partial charge is 0.497 e. The van der Waals surface area contributed by atoms with E-state index in [1.807, 2.05) is 24.3 Å². The van der Waals surface area contributed by atoms with Gasteiger partial charge in [0.05, 0.1) is 18.8 Å². The van der Waals surface area contributed by atoms with Crippen molar-refractivity contribution in [1.82, 2.24) is 4.90 Å². The Hall–Kier alpha value is -2.86. The predicted octanol–water partition coefficient (Wildman–Crippen LogP) is 3.21. The Labute approximate surface area is 158 Å². The summed E-state index contributed by atoms with van der Waals surface area (Å²) in [6.07, 6.45) is 1.90. The van der Waals surface area contributed by atoms with Gasteiger partial charge in [0, 0.05) is 25.3 Å². The highest BCUT2D eigenvalue weighted by Crippen LogP contribution is 2.20. The summed E-state index contributed by atoms with van der Waals surface area (Å²) in [6, 6.07) is 13.7. The molecule has 1 aliphatic heterocycles. The zero-order valence-electron chi connectivity index (χ0n) is 15.3. The highest BCUT2D eigenvalue weighted by atomic mass is 16.5. The molecule has 1 N–H and O–H groups in total. The topological polar surface area (TPSA) is 76.1 Å². The number of amides is 1. The minimum absolute atomic E-state index is 0.00205. The van der Waals surface area contributed by atoms with Gasteiger partial charge in [0.25, 0.3) is 5.91 Å². The van der Waals surface area contributed by atoms with Gasteiger partial charge in [-0.2, -0.15) is 0 Å². The fourth-order valence-electron chi connectivity index (χ4n) is 3.21. The number of rotatable bonds is 7. The lowest BCUT2D eigenvalue weighted by atomic mass is 10.1. The minimum atomic E-state index is -1.05. The molecule has 6 heteroatoms. The molecule has 1 heterocycles. The molecule has 0 saturated carbocycles. The fourth-order valence-corrected chi connectivity index (χ4v) is 3.21. The van der Waals surface area contributed by atoms with E-state index in [1.165, 1.54) is 12.1 Å². The quantitative estimate of drug-likeness (QED) is 0.811. The van der Waals surface area contributed by atoms with Gasteiger partial charge in [-0.3, -0.25) is 4.79 Å². The third kappa shape index (κ3) is 4.86. The molecule has 0 aliphatic carbocycles. The third-order valence-electron chi connectivity index (χ3n) is 4.60. The molecule has 6 nitrogen and oxygen atoms in total.